The summed E-state index contributed by atoms with van der Waals surface area (Å²) in [6.45, 7) is 5.01. The number of nitrogens with one attached hydrogen (secondary N) is 1. The molecule has 0 radical (unpaired) electrons. The summed E-state index contributed by atoms with van der Waals surface area (Å²) in [6, 6.07) is -0.541. The van der Waals surface area contributed by atoms with E-state index in [1.165, 1.54) is 385 Å². The molecular formula is C82H159NO5. The molecule has 0 bridgehead atoms. The van der Waals surface area contributed by atoms with Crippen molar-refractivity contribution < 1.29 is 24.5 Å². The Morgan fingerprint density at radius 1 is 0.318 bits per heavy atom. The Bertz CT molecular complexity index is 1380. The summed E-state index contributed by atoms with van der Waals surface area (Å²) in [5, 5.41) is 23.5. The second kappa shape index (κ2) is 77.8. The molecule has 0 saturated carbocycles. The number of allylic oxidation sites excluding steroid dienone is 4. The van der Waals surface area contributed by atoms with E-state index in [4.69, 9.17) is 4.74 Å². The molecule has 0 saturated heterocycles. The first-order valence-electron chi connectivity index (χ1n) is 40.6. The molecule has 1 amide bonds. The number of esters is 1. The van der Waals surface area contributed by atoms with E-state index in [9.17, 15) is 19.8 Å². The van der Waals surface area contributed by atoms with Crippen LogP contribution in [-0.4, -0.2) is 47.4 Å². The van der Waals surface area contributed by atoms with Gasteiger partial charge in [-0.3, -0.25) is 9.59 Å². The molecule has 0 aromatic rings. The molecule has 88 heavy (non-hydrogen) atoms. The molecule has 0 fully saturated rings. The molecule has 6 nitrogen and oxygen atoms in total. The Morgan fingerprint density at radius 3 is 0.864 bits per heavy atom. The molecular weight excluding hydrogens is 1080 g/mol. The van der Waals surface area contributed by atoms with Gasteiger partial charge in [-0.1, -0.05) is 417 Å². The fourth-order valence-electron chi connectivity index (χ4n) is 13.1. The van der Waals surface area contributed by atoms with Crippen molar-refractivity contribution in [2.24, 2.45) is 0 Å². The third-order valence-corrected chi connectivity index (χ3v) is 19.3. The van der Waals surface area contributed by atoms with Crippen molar-refractivity contribution in [3.63, 3.8) is 0 Å². The maximum atomic E-state index is 12.6. The summed E-state index contributed by atoms with van der Waals surface area (Å²) in [5.41, 5.74) is 0. The van der Waals surface area contributed by atoms with Crippen molar-refractivity contribution >= 4 is 11.9 Å². The zero-order valence-corrected chi connectivity index (χ0v) is 60.0. The minimum absolute atomic E-state index is 0.0193. The lowest BCUT2D eigenvalue weighted by atomic mass is 10.0. The minimum Gasteiger partial charge on any atom is -0.466 e. The number of amides is 1. The number of hydrogen-bond donors (Lipinski definition) is 3. The summed E-state index contributed by atoms with van der Waals surface area (Å²) in [4.78, 5) is 24.6. The number of carbonyl (C=O) groups excluding carboxylic acids is 2. The molecule has 6 heteroatoms. The molecule has 2 unspecified atom stereocenters. The van der Waals surface area contributed by atoms with Crippen LogP contribution in [0.1, 0.15) is 463 Å². The smallest absolute Gasteiger partial charge is 0.305 e. The Labute approximate surface area is 551 Å². The highest BCUT2D eigenvalue weighted by molar-refractivity contribution is 5.76. The van der Waals surface area contributed by atoms with Crippen LogP contribution >= 0.6 is 0 Å². The van der Waals surface area contributed by atoms with Gasteiger partial charge in [0.1, 0.15) is 0 Å². The number of ether oxygens (including phenoxy) is 1. The molecule has 0 aromatic heterocycles. The van der Waals surface area contributed by atoms with E-state index in [1.54, 1.807) is 0 Å². The van der Waals surface area contributed by atoms with Gasteiger partial charge in [-0.05, 0) is 57.8 Å². The Morgan fingerprint density at radius 2 is 0.568 bits per heavy atom. The van der Waals surface area contributed by atoms with Gasteiger partial charge < -0.3 is 20.3 Å². The fraction of sp³-hybridized carbons (Fsp3) is 0.927. The average molecular weight is 1240 g/mol. The van der Waals surface area contributed by atoms with Crippen LogP contribution in [0.5, 0.6) is 0 Å². The van der Waals surface area contributed by atoms with Gasteiger partial charge in [-0.25, -0.2) is 0 Å². The standard InChI is InChI=1S/C82H159NO5/c1-3-5-7-9-11-13-15-17-18-19-20-21-35-38-41-44-47-51-54-58-62-66-70-74-80(85)79(78-84)83-81(86)75-71-67-63-59-55-52-48-45-42-39-36-33-31-29-27-25-23-22-24-26-28-30-32-34-37-40-43-46-49-53-57-61-65-69-73-77-88-82(87)76-72-68-64-60-56-50-16-14-12-10-8-6-4-2/h24,26,30,32,79-80,84-85H,3-23,25,27-29,31,33-78H2,1-2H3,(H,83,86)/b26-24-,32-30-. The maximum absolute atomic E-state index is 12.6. The lowest BCUT2D eigenvalue weighted by Gasteiger charge is -2.22. The fourth-order valence-corrected chi connectivity index (χ4v) is 13.1. The summed E-state index contributed by atoms with van der Waals surface area (Å²) in [7, 11) is 0. The van der Waals surface area contributed by atoms with Crippen molar-refractivity contribution in [2.45, 2.75) is 475 Å². The molecule has 0 aliphatic heterocycles. The van der Waals surface area contributed by atoms with E-state index in [2.05, 4.69) is 43.5 Å². The number of hydrogen-bond acceptors (Lipinski definition) is 5. The van der Waals surface area contributed by atoms with Crippen LogP contribution in [0.2, 0.25) is 0 Å². The van der Waals surface area contributed by atoms with Crippen LogP contribution in [0.15, 0.2) is 24.3 Å². The van der Waals surface area contributed by atoms with E-state index < -0.39 is 12.1 Å². The van der Waals surface area contributed by atoms with Gasteiger partial charge in [-0.2, -0.15) is 0 Å². The molecule has 3 N–H and O–H groups in total. The molecule has 0 rings (SSSR count). The highest BCUT2D eigenvalue weighted by Crippen LogP contribution is 2.20. The third-order valence-electron chi connectivity index (χ3n) is 19.3. The molecule has 0 spiro atoms. The van der Waals surface area contributed by atoms with Gasteiger partial charge in [0, 0.05) is 12.8 Å². The summed E-state index contributed by atoms with van der Waals surface area (Å²) >= 11 is 0. The zero-order valence-electron chi connectivity index (χ0n) is 60.0. The van der Waals surface area contributed by atoms with Crippen molar-refractivity contribution in [3.8, 4) is 0 Å². The van der Waals surface area contributed by atoms with E-state index in [1.807, 2.05) is 0 Å². The lowest BCUT2D eigenvalue weighted by molar-refractivity contribution is -0.143. The monoisotopic (exact) mass is 1240 g/mol. The lowest BCUT2D eigenvalue weighted by Crippen LogP contribution is -2.45. The predicted molar refractivity (Wildman–Crippen MR) is 389 cm³/mol. The van der Waals surface area contributed by atoms with Gasteiger partial charge in [0.25, 0.3) is 0 Å². The van der Waals surface area contributed by atoms with Crippen LogP contribution in [0.4, 0.5) is 0 Å². The highest BCUT2D eigenvalue weighted by Gasteiger charge is 2.20. The summed E-state index contributed by atoms with van der Waals surface area (Å²) < 4.78 is 5.49. The Kier molecular flexibility index (Phi) is 76.3. The van der Waals surface area contributed by atoms with Crippen molar-refractivity contribution in [1.29, 1.82) is 0 Å². The van der Waals surface area contributed by atoms with Crippen LogP contribution in [0, 0.1) is 0 Å². The van der Waals surface area contributed by atoms with Crippen LogP contribution in [0.3, 0.4) is 0 Å². The second-order valence-electron chi connectivity index (χ2n) is 28.1. The normalized spacial score (nSPS) is 12.5. The first kappa shape index (κ1) is 86.3. The third kappa shape index (κ3) is 73.4. The SMILES string of the molecule is CCCCCCCCCCCCCCCCCCCCCCCCCC(O)C(CO)NC(=O)CCCCCCCCCCCCCCCCCCC/C=C\C/C=C\CCCCCCCCCCCCCOC(=O)CCCCCCCCCCCCCCC. The average Bonchev–Trinajstić information content (AvgIpc) is 3.53. The summed E-state index contributed by atoms with van der Waals surface area (Å²) in [5.74, 6) is -0.00751. The van der Waals surface area contributed by atoms with E-state index in [-0.39, 0.29) is 18.5 Å². The van der Waals surface area contributed by atoms with Crippen LogP contribution < -0.4 is 5.32 Å². The first-order valence-corrected chi connectivity index (χ1v) is 40.6. The van der Waals surface area contributed by atoms with E-state index >= 15 is 0 Å². The van der Waals surface area contributed by atoms with Crippen molar-refractivity contribution in [1.82, 2.24) is 5.32 Å². The second-order valence-corrected chi connectivity index (χ2v) is 28.1. The number of aliphatic hydroxyl groups excluding tert-OH is 2. The van der Waals surface area contributed by atoms with E-state index in [0.717, 1.165) is 44.9 Å². The molecule has 2 atom stereocenters. The highest BCUT2D eigenvalue weighted by atomic mass is 16.5. The van der Waals surface area contributed by atoms with Gasteiger partial charge >= 0.3 is 5.97 Å². The quantitative estimate of drug-likeness (QED) is 0.0320. The molecule has 522 valence electrons. The molecule has 0 aliphatic rings. The number of carbonyl (C=O) groups is 2. The number of unbranched alkanes of at least 4 members (excludes halogenated alkanes) is 62. The summed E-state index contributed by atoms with van der Waals surface area (Å²) in [6.07, 6.45) is 99.9. The number of rotatable bonds is 77. The van der Waals surface area contributed by atoms with E-state index in [0.29, 0.717) is 25.9 Å². The van der Waals surface area contributed by atoms with Crippen LogP contribution in [0.25, 0.3) is 0 Å². The van der Waals surface area contributed by atoms with Crippen LogP contribution in [-0.2, 0) is 14.3 Å². The Balaban J connectivity index is 3.37. The predicted octanol–water partition coefficient (Wildman–Crippen LogP) is 26.8. The van der Waals surface area contributed by atoms with Gasteiger partial charge in [0.2, 0.25) is 5.91 Å². The van der Waals surface area contributed by atoms with Gasteiger partial charge in [-0.15, -0.1) is 0 Å². The maximum Gasteiger partial charge on any atom is 0.305 e. The minimum atomic E-state index is -0.664. The van der Waals surface area contributed by atoms with Gasteiger partial charge in [0.05, 0.1) is 25.4 Å². The number of aliphatic hydroxyl groups is 2. The molecule has 0 heterocycles. The first-order chi connectivity index (χ1) is 43.5. The Hall–Kier alpha value is -1.66. The molecule has 0 aromatic carbocycles. The topological polar surface area (TPSA) is 95.9 Å². The molecule has 0 aliphatic carbocycles. The van der Waals surface area contributed by atoms with Gasteiger partial charge in [0.15, 0.2) is 0 Å². The van der Waals surface area contributed by atoms with Crippen molar-refractivity contribution in [2.75, 3.05) is 13.2 Å². The zero-order chi connectivity index (χ0) is 63.5. The van der Waals surface area contributed by atoms with Crippen molar-refractivity contribution in [3.05, 3.63) is 24.3 Å². The largest absolute Gasteiger partial charge is 0.466 e.